The lowest BCUT2D eigenvalue weighted by Crippen LogP contribution is -2.41. The van der Waals surface area contributed by atoms with Crippen LogP contribution in [0.4, 0.5) is 11.9 Å². The highest BCUT2D eigenvalue weighted by Gasteiger charge is 2.48. The van der Waals surface area contributed by atoms with E-state index in [0.29, 0.717) is 11.2 Å². The van der Waals surface area contributed by atoms with Gasteiger partial charge in [0.15, 0.2) is 11.2 Å². The fourth-order valence-electron chi connectivity index (χ4n) is 2.43. The van der Waals surface area contributed by atoms with Gasteiger partial charge in [-0.25, -0.2) is 9.97 Å². The van der Waals surface area contributed by atoms with Crippen molar-refractivity contribution < 1.29 is 14.9 Å². The van der Waals surface area contributed by atoms with E-state index in [2.05, 4.69) is 20.9 Å². The van der Waals surface area contributed by atoms with Gasteiger partial charge in [0.1, 0.15) is 17.8 Å². The van der Waals surface area contributed by atoms with Gasteiger partial charge in [-0.1, -0.05) is 5.92 Å². The average molecular weight is 290 g/mol. The number of imidazole rings is 1. The Morgan fingerprint density at radius 3 is 2.90 bits per heavy atom. The molecule has 0 saturated carbocycles. The van der Waals surface area contributed by atoms with Crippen LogP contribution in [-0.2, 0) is 4.74 Å². The van der Waals surface area contributed by atoms with Gasteiger partial charge < -0.3 is 26.4 Å². The van der Waals surface area contributed by atoms with Crippen molar-refractivity contribution in [3.05, 3.63) is 6.20 Å². The average Bonchev–Trinajstić information content (AvgIpc) is 2.95. The van der Waals surface area contributed by atoms with Gasteiger partial charge in [0.05, 0.1) is 12.8 Å². The van der Waals surface area contributed by atoms with Crippen molar-refractivity contribution in [2.45, 2.75) is 24.4 Å². The molecule has 1 unspecified atom stereocenters. The van der Waals surface area contributed by atoms with Crippen LogP contribution < -0.4 is 11.5 Å². The van der Waals surface area contributed by atoms with E-state index in [-0.39, 0.29) is 18.3 Å². The second-order valence-electron chi connectivity index (χ2n) is 4.79. The monoisotopic (exact) mass is 290 g/mol. The molecule has 6 N–H and O–H groups in total. The van der Waals surface area contributed by atoms with Crippen molar-refractivity contribution in [2.24, 2.45) is 0 Å². The van der Waals surface area contributed by atoms with Gasteiger partial charge in [-0.05, 0) is 0 Å². The zero-order valence-electron chi connectivity index (χ0n) is 11.0. The first-order valence-electron chi connectivity index (χ1n) is 6.21. The van der Waals surface area contributed by atoms with Gasteiger partial charge in [0.25, 0.3) is 0 Å². The van der Waals surface area contributed by atoms with E-state index in [9.17, 15) is 10.2 Å². The van der Waals surface area contributed by atoms with Crippen molar-refractivity contribution in [1.82, 2.24) is 19.5 Å². The predicted molar refractivity (Wildman–Crippen MR) is 73.5 cm³/mol. The van der Waals surface area contributed by atoms with E-state index in [1.807, 2.05) is 0 Å². The molecular weight excluding hydrogens is 276 g/mol. The van der Waals surface area contributed by atoms with Crippen molar-refractivity contribution >= 4 is 23.1 Å². The molecule has 3 atom stereocenters. The van der Waals surface area contributed by atoms with E-state index in [1.165, 1.54) is 10.8 Å². The number of nitrogens with zero attached hydrogens (tertiary/aromatic N) is 4. The first kappa shape index (κ1) is 13.6. The molecule has 3 heterocycles. The van der Waals surface area contributed by atoms with Crippen molar-refractivity contribution in [3.63, 3.8) is 0 Å². The van der Waals surface area contributed by atoms with Crippen molar-refractivity contribution in [1.29, 1.82) is 0 Å². The van der Waals surface area contributed by atoms with Crippen LogP contribution in [-0.4, -0.2) is 48.0 Å². The molecule has 0 amide bonds. The molecule has 0 radical (unpaired) electrons. The molecular formula is C12H14N6O3. The van der Waals surface area contributed by atoms with E-state index >= 15 is 0 Å². The molecule has 0 aromatic carbocycles. The lowest BCUT2D eigenvalue weighted by Gasteiger charge is -2.24. The topological polar surface area (TPSA) is 145 Å². The Balaban J connectivity index is 2.08. The first-order valence-corrected chi connectivity index (χ1v) is 6.21. The maximum atomic E-state index is 10.1. The lowest BCUT2D eigenvalue weighted by atomic mass is 9.99. The molecule has 21 heavy (non-hydrogen) atoms. The summed E-state index contributed by atoms with van der Waals surface area (Å²) >= 11 is 0. The summed E-state index contributed by atoms with van der Waals surface area (Å²) in [6.45, 7) is -0.509. The van der Waals surface area contributed by atoms with Gasteiger partial charge in [0.2, 0.25) is 11.9 Å². The zero-order chi connectivity index (χ0) is 15.2. The summed E-state index contributed by atoms with van der Waals surface area (Å²) < 4.78 is 7.12. The highest BCUT2D eigenvalue weighted by atomic mass is 16.6. The number of aliphatic hydroxyl groups excluding tert-OH is 2. The molecule has 1 saturated heterocycles. The summed E-state index contributed by atoms with van der Waals surface area (Å²) in [4.78, 5) is 12.0. The molecule has 1 fully saturated rings. The molecule has 2 aromatic heterocycles. The van der Waals surface area contributed by atoms with Crippen LogP contribution in [0.1, 0.15) is 12.6 Å². The molecule has 9 heteroatoms. The third-order valence-corrected chi connectivity index (χ3v) is 3.56. The van der Waals surface area contributed by atoms with Gasteiger partial charge in [-0.15, -0.1) is 6.42 Å². The molecule has 110 valence electrons. The summed E-state index contributed by atoms with van der Waals surface area (Å²) in [6, 6.07) is 0. The summed E-state index contributed by atoms with van der Waals surface area (Å²) in [5.74, 6) is 2.49. The first-order chi connectivity index (χ1) is 10.0. The smallest absolute Gasteiger partial charge is 0.222 e. The number of rotatable bonds is 2. The van der Waals surface area contributed by atoms with Crippen LogP contribution in [0, 0.1) is 12.3 Å². The second kappa shape index (κ2) is 4.56. The Hall–Kier alpha value is -2.41. The Morgan fingerprint density at radius 1 is 1.52 bits per heavy atom. The number of hydrogen-bond donors (Lipinski definition) is 4. The molecule has 2 aromatic rings. The SMILES string of the molecule is C#CC1(CO)O[C@@H](n2c(N)nc3cnc(N)nc32)C[C@@H]1O. The van der Waals surface area contributed by atoms with Gasteiger partial charge >= 0.3 is 0 Å². The number of anilines is 2. The normalized spacial score (nSPS) is 28.8. The van der Waals surface area contributed by atoms with Crippen molar-refractivity contribution in [3.8, 4) is 12.3 Å². The number of aromatic nitrogens is 4. The minimum Gasteiger partial charge on any atom is -0.392 e. The van der Waals surface area contributed by atoms with Crippen LogP contribution in [0.5, 0.6) is 0 Å². The lowest BCUT2D eigenvalue weighted by molar-refractivity contribution is -0.0886. The van der Waals surface area contributed by atoms with Gasteiger partial charge in [-0.2, -0.15) is 4.98 Å². The van der Waals surface area contributed by atoms with Gasteiger partial charge in [0, 0.05) is 6.42 Å². The van der Waals surface area contributed by atoms with Gasteiger partial charge in [-0.3, -0.25) is 4.57 Å². The molecule has 9 nitrogen and oxygen atoms in total. The summed E-state index contributed by atoms with van der Waals surface area (Å²) in [5.41, 5.74) is 10.8. The number of ether oxygens (including phenoxy) is 1. The Bertz CT molecular complexity index is 738. The van der Waals surface area contributed by atoms with E-state index in [4.69, 9.17) is 22.6 Å². The summed E-state index contributed by atoms with van der Waals surface area (Å²) in [7, 11) is 0. The van der Waals surface area contributed by atoms with Crippen LogP contribution >= 0.6 is 0 Å². The molecule has 0 bridgehead atoms. The van der Waals surface area contributed by atoms with E-state index in [1.54, 1.807) is 0 Å². The minimum absolute atomic E-state index is 0.0626. The Kier molecular flexibility index (Phi) is 2.94. The van der Waals surface area contributed by atoms with Crippen LogP contribution in [0.2, 0.25) is 0 Å². The standard InChI is InChI=1S/C12H14N6O3/c1-2-12(5-19)7(20)3-8(21-12)18-9-6(16-11(18)14)4-15-10(13)17-9/h1,4,7-8,19-20H,3,5H2,(H2,14,16)(H2,13,15,17)/t7-,8+,12?/m0/s1. The minimum atomic E-state index is -1.47. The highest BCUT2D eigenvalue weighted by Crippen LogP contribution is 2.38. The predicted octanol–water partition coefficient (Wildman–Crippen LogP) is -1.37. The van der Waals surface area contributed by atoms with Crippen LogP contribution in [0.25, 0.3) is 11.2 Å². The van der Waals surface area contributed by atoms with E-state index < -0.39 is 24.5 Å². The summed E-state index contributed by atoms with van der Waals surface area (Å²) in [6.07, 6.45) is 5.21. The number of aliphatic hydroxyl groups is 2. The molecule has 0 spiro atoms. The quantitative estimate of drug-likeness (QED) is 0.496. The fourth-order valence-corrected chi connectivity index (χ4v) is 2.43. The maximum absolute atomic E-state index is 10.1. The molecule has 1 aliphatic rings. The number of nitrogen functional groups attached to an aromatic ring is 2. The largest absolute Gasteiger partial charge is 0.392 e. The number of terminal acetylenes is 1. The third-order valence-electron chi connectivity index (χ3n) is 3.56. The zero-order valence-corrected chi connectivity index (χ0v) is 11.0. The number of nitrogens with two attached hydrogens (primary N) is 2. The number of hydrogen-bond acceptors (Lipinski definition) is 8. The third kappa shape index (κ3) is 1.89. The second-order valence-corrected chi connectivity index (χ2v) is 4.79. The van der Waals surface area contributed by atoms with Crippen LogP contribution in [0.3, 0.4) is 0 Å². The summed E-state index contributed by atoms with van der Waals surface area (Å²) in [5, 5.41) is 19.5. The van der Waals surface area contributed by atoms with Crippen LogP contribution in [0.15, 0.2) is 6.20 Å². The number of fused-ring (bicyclic) bond motifs is 1. The maximum Gasteiger partial charge on any atom is 0.222 e. The Morgan fingerprint density at radius 2 is 2.29 bits per heavy atom. The molecule has 0 aliphatic carbocycles. The Labute approximate surface area is 119 Å². The fraction of sp³-hybridized carbons (Fsp3) is 0.417. The molecule has 1 aliphatic heterocycles. The van der Waals surface area contributed by atoms with E-state index in [0.717, 1.165) is 0 Å². The van der Waals surface area contributed by atoms with Crippen molar-refractivity contribution in [2.75, 3.05) is 18.1 Å². The highest BCUT2D eigenvalue weighted by molar-refractivity contribution is 5.74. The molecule has 3 rings (SSSR count).